The zero-order valence-electron chi connectivity index (χ0n) is 23.5. The minimum absolute atomic E-state index is 0. The molecule has 0 saturated carbocycles. The molecule has 0 aliphatic rings. The normalized spacial score (nSPS) is 10.0. The van der Waals surface area contributed by atoms with Crippen molar-refractivity contribution in [2.75, 3.05) is 28.4 Å². The molecule has 42 heavy (non-hydrogen) atoms. The van der Waals surface area contributed by atoms with E-state index in [4.69, 9.17) is 47.6 Å². The fourth-order valence-corrected chi connectivity index (χ4v) is 4.20. The maximum Gasteiger partial charge on any atom is 0.337 e. The number of aromatic amines is 2. The Labute approximate surface area is 254 Å². The Morgan fingerprint density at radius 3 is 1.57 bits per heavy atom. The van der Waals surface area contributed by atoms with Crippen molar-refractivity contribution in [1.82, 2.24) is 19.9 Å². The number of hydrogen-bond donors (Lipinski definition) is 4. The smallest absolute Gasteiger partial charge is 0.337 e. The van der Waals surface area contributed by atoms with Gasteiger partial charge in [-0.1, -0.05) is 42.8 Å². The third-order valence-electron chi connectivity index (χ3n) is 5.63. The van der Waals surface area contributed by atoms with Gasteiger partial charge in [-0.2, -0.15) is 0 Å². The van der Waals surface area contributed by atoms with Crippen LogP contribution in [-0.2, 0) is 27.4 Å². The van der Waals surface area contributed by atoms with Gasteiger partial charge in [0.15, 0.2) is 0 Å². The first-order valence-electron chi connectivity index (χ1n) is 12.0. The summed E-state index contributed by atoms with van der Waals surface area (Å²) >= 11 is 12.3. The molecule has 0 saturated heterocycles. The molecule has 4 aromatic rings. The Bertz CT molecular complexity index is 1480. The van der Waals surface area contributed by atoms with Gasteiger partial charge in [0.1, 0.15) is 46.6 Å². The molecular formula is C29H36Cl2N4O7. The first kappa shape index (κ1) is 36.3. The average Bonchev–Trinajstić information content (AvgIpc) is 3.51. The van der Waals surface area contributed by atoms with Gasteiger partial charge in [-0.05, 0) is 49.2 Å². The molecule has 2 aromatic heterocycles. The summed E-state index contributed by atoms with van der Waals surface area (Å²) in [4.78, 5) is 37.2. The van der Waals surface area contributed by atoms with Gasteiger partial charge in [0.25, 0.3) is 0 Å². The average molecular weight is 624 g/mol. The lowest BCUT2D eigenvalue weighted by Gasteiger charge is -2.06. The number of aromatic carboxylic acids is 1. The Morgan fingerprint density at radius 1 is 0.786 bits per heavy atom. The van der Waals surface area contributed by atoms with E-state index in [1.165, 1.54) is 7.11 Å². The summed E-state index contributed by atoms with van der Waals surface area (Å²) < 4.78 is 14.7. The van der Waals surface area contributed by atoms with Gasteiger partial charge in [-0.3, -0.25) is 0 Å². The first-order chi connectivity index (χ1) is 19.6. The Morgan fingerprint density at radius 2 is 1.19 bits per heavy atom. The summed E-state index contributed by atoms with van der Waals surface area (Å²) in [5.74, 6) is -0.141. The molecule has 11 nitrogen and oxygen atoms in total. The predicted molar refractivity (Wildman–Crippen MR) is 162 cm³/mol. The molecular weight excluding hydrogens is 587 g/mol. The number of aromatic nitrogens is 4. The predicted octanol–water partition coefficient (Wildman–Crippen LogP) is 6.10. The summed E-state index contributed by atoms with van der Waals surface area (Å²) in [5.41, 5.74) is 5.15. The van der Waals surface area contributed by atoms with Gasteiger partial charge in [-0.25, -0.2) is 19.6 Å². The Kier molecular flexibility index (Phi) is 14.9. The van der Waals surface area contributed by atoms with E-state index < -0.39 is 11.9 Å². The van der Waals surface area contributed by atoms with Crippen LogP contribution in [0.15, 0.2) is 36.4 Å². The van der Waals surface area contributed by atoms with Crippen LogP contribution in [0.5, 0.6) is 0 Å². The van der Waals surface area contributed by atoms with Crippen molar-refractivity contribution >= 4 is 35.1 Å². The quantitative estimate of drug-likeness (QED) is 0.170. The second-order valence-corrected chi connectivity index (χ2v) is 9.17. The number of nitrogens with one attached hydrogen (secondary N) is 2. The van der Waals surface area contributed by atoms with Crippen LogP contribution in [0, 0.1) is 13.8 Å². The lowest BCUT2D eigenvalue weighted by molar-refractivity contribution is 0.0600. The molecule has 0 radical (unpaired) electrons. The maximum atomic E-state index is 11.6. The third-order valence-corrected chi connectivity index (χ3v) is 6.18. The zero-order chi connectivity index (χ0) is 30.7. The van der Waals surface area contributed by atoms with Crippen LogP contribution in [0.2, 0.25) is 10.3 Å². The van der Waals surface area contributed by atoms with E-state index in [1.54, 1.807) is 44.6 Å². The van der Waals surface area contributed by atoms with Crippen LogP contribution < -0.4 is 0 Å². The van der Waals surface area contributed by atoms with Crippen molar-refractivity contribution in [2.24, 2.45) is 0 Å². The van der Waals surface area contributed by atoms with Crippen LogP contribution in [0.1, 0.15) is 50.9 Å². The molecule has 4 rings (SSSR count). The van der Waals surface area contributed by atoms with Crippen LogP contribution >= 0.6 is 23.2 Å². The number of carboxylic acid groups (broad SMARTS) is 1. The lowest BCUT2D eigenvalue weighted by atomic mass is 10.0. The van der Waals surface area contributed by atoms with E-state index in [0.29, 0.717) is 57.7 Å². The number of rotatable bonds is 8. The minimum atomic E-state index is -0.981. The number of aliphatic hydroxyl groups is 1. The molecule has 0 aliphatic carbocycles. The summed E-state index contributed by atoms with van der Waals surface area (Å²) in [7, 11) is 5.49. The highest BCUT2D eigenvalue weighted by molar-refractivity contribution is 6.32. The number of nitrogens with zero attached hydrogens (tertiary/aromatic N) is 2. The molecule has 0 fully saturated rings. The number of aryl methyl sites for hydroxylation is 2. The molecule has 4 N–H and O–H groups in total. The minimum Gasteiger partial charge on any atom is -0.478 e. The van der Waals surface area contributed by atoms with Gasteiger partial charge in [0, 0.05) is 32.5 Å². The van der Waals surface area contributed by atoms with Crippen molar-refractivity contribution in [3.63, 3.8) is 0 Å². The third kappa shape index (κ3) is 9.13. The van der Waals surface area contributed by atoms with Crippen LogP contribution in [-0.4, -0.2) is 70.5 Å². The highest BCUT2D eigenvalue weighted by Crippen LogP contribution is 2.30. The van der Waals surface area contributed by atoms with Gasteiger partial charge in [0.05, 0.1) is 18.2 Å². The highest BCUT2D eigenvalue weighted by Gasteiger charge is 2.16. The number of ether oxygens (including phenoxy) is 3. The second kappa shape index (κ2) is 17.3. The maximum absolute atomic E-state index is 11.6. The summed E-state index contributed by atoms with van der Waals surface area (Å²) in [6.07, 6.45) is 0. The molecule has 13 heteroatoms. The van der Waals surface area contributed by atoms with Crippen molar-refractivity contribution in [3.05, 3.63) is 80.6 Å². The van der Waals surface area contributed by atoms with Crippen LogP contribution in [0.4, 0.5) is 0 Å². The molecule has 0 spiro atoms. The van der Waals surface area contributed by atoms with Gasteiger partial charge < -0.3 is 34.4 Å². The second-order valence-electron chi connectivity index (χ2n) is 8.41. The summed E-state index contributed by atoms with van der Waals surface area (Å²) in [6.45, 7) is 4.46. The molecule has 0 bridgehead atoms. The van der Waals surface area contributed by atoms with Gasteiger partial charge in [-0.15, -0.1) is 0 Å². The number of benzene rings is 2. The molecule has 228 valence electrons. The molecule has 2 heterocycles. The number of H-pyrrole nitrogens is 2. The number of methoxy groups -OCH3 is 3. The number of aliphatic hydroxyl groups excluding tert-OH is 1. The molecule has 0 atom stereocenters. The summed E-state index contributed by atoms with van der Waals surface area (Å²) in [5, 5.41) is 16.8. The van der Waals surface area contributed by atoms with Gasteiger partial charge >= 0.3 is 11.9 Å². The van der Waals surface area contributed by atoms with Gasteiger partial charge in [0.2, 0.25) is 0 Å². The molecule has 2 aromatic carbocycles. The van der Waals surface area contributed by atoms with Crippen molar-refractivity contribution in [1.29, 1.82) is 0 Å². The fraction of sp³-hybridized carbons (Fsp3) is 0.310. The van der Waals surface area contributed by atoms with E-state index >= 15 is 0 Å². The number of halogens is 2. The number of esters is 1. The number of imidazole rings is 2. The monoisotopic (exact) mass is 622 g/mol. The Hall–Kier alpha value is -3.74. The SMILES string of the molecule is C.CO.COCc1nc(-c2cc(C(=O)O)ccc2C)c(Cl)[nH]1.COCc1nc(-c2cc(C(=O)OC)ccc2C)c(Cl)[nH]1. The van der Waals surface area contributed by atoms with E-state index in [-0.39, 0.29) is 13.0 Å². The number of carboxylic acids is 1. The van der Waals surface area contributed by atoms with Crippen molar-refractivity contribution in [2.45, 2.75) is 34.5 Å². The molecule has 0 amide bonds. The lowest BCUT2D eigenvalue weighted by Crippen LogP contribution is -2.01. The molecule has 0 unspecified atom stereocenters. The van der Waals surface area contributed by atoms with Crippen LogP contribution in [0.3, 0.4) is 0 Å². The Balaban J connectivity index is 0.000000388. The topological polar surface area (TPSA) is 160 Å². The highest BCUT2D eigenvalue weighted by atomic mass is 35.5. The zero-order valence-corrected chi connectivity index (χ0v) is 25.0. The largest absolute Gasteiger partial charge is 0.478 e. The van der Waals surface area contributed by atoms with Crippen molar-refractivity contribution in [3.8, 4) is 22.5 Å². The summed E-state index contributed by atoms with van der Waals surface area (Å²) in [6, 6.07) is 10.1. The number of hydrogen-bond acceptors (Lipinski definition) is 8. The number of carbonyl (C=O) groups is 2. The van der Waals surface area contributed by atoms with E-state index in [2.05, 4.69) is 19.9 Å². The van der Waals surface area contributed by atoms with Crippen molar-refractivity contribution < 1.29 is 34.0 Å². The fourth-order valence-electron chi connectivity index (χ4n) is 3.69. The van der Waals surface area contributed by atoms with E-state index in [0.717, 1.165) is 23.8 Å². The van der Waals surface area contributed by atoms with E-state index in [1.807, 2.05) is 19.9 Å². The standard InChI is InChI=1S/C14H15ClN2O3.C13H13ClN2O3.CH4O.CH4/c1-8-4-5-9(14(18)20-3)6-10(8)12-13(15)17-11(16-12)7-19-2;1-7-3-4-8(13(17)18)5-9(7)11-12(14)16-10(15-11)6-19-2;1-2;/h4-6H,7H2,1-3H3,(H,16,17);3-5H,6H2,1-2H3,(H,15,16)(H,17,18);2H,1H3;1H4. The van der Waals surface area contributed by atoms with E-state index in [9.17, 15) is 9.59 Å². The molecule has 0 aliphatic heterocycles. The number of carbonyl (C=O) groups excluding carboxylic acids is 1. The van der Waals surface area contributed by atoms with Crippen LogP contribution in [0.25, 0.3) is 22.5 Å². The first-order valence-corrected chi connectivity index (χ1v) is 12.8.